The minimum absolute atomic E-state index is 0.192. The molecule has 4 nitrogen and oxygen atoms in total. The van der Waals surface area contributed by atoms with Gasteiger partial charge in [-0.05, 0) is 50.9 Å². The molecule has 94 valence electrons. The fourth-order valence-corrected chi connectivity index (χ4v) is 2.62. The second kappa shape index (κ2) is 5.19. The molecule has 0 aliphatic heterocycles. The Labute approximate surface area is 120 Å². The number of aromatic nitrogens is 2. The predicted octanol–water partition coefficient (Wildman–Crippen LogP) is 3.77. The van der Waals surface area contributed by atoms with Gasteiger partial charge >= 0.3 is 0 Å². The van der Waals surface area contributed by atoms with E-state index in [0.29, 0.717) is 20.5 Å². The minimum Gasteiger partial charge on any atom is -0.368 e. The van der Waals surface area contributed by atoms with Gasteiger partial charge in [0.1, 0.15) is 5.82 Å². The highest BCUT2D eigenvalue weighted by Crippen LogP contribution is 2.29. The highest BCUT2D eigenvalue weighted by molar-refractivity contribution is 9.11. The van der Waals surface area contributed by atoms with E-state index in [1.807, 2.05) is 6.92 Å². The molecule has 0 bridgehead atoms. The molecule has 0 spiro atoms. The van der Waals surface area contributed by atoms with E-state index in [1.54, 1.807) is 18.2 Å². The van der Waals surface area contributed by atoms with Crippen molar-refractivity contribution in [3.05, 3.63) is 38.7 Å². The summed E-state index contributed by atoms with van der Waals surface area (Å²) in [5.41, 5.74) is 7.00. The standard InChI is InChI=1S/C11H9Br2FN4/c1-5-2-9(18-11(15)16-5)17-6-3-7(12)10(14)8(13)4-6/h2-4H,1H3,(H3,15,16,17,18). The summed E-state index contributed by atoms with van der Waals surface area (Å²) in [4.78, 5) is 8.02. The number of anilines is 3. The molecule has 18 heavy (non-hydrogen) atoms. The van der Waals surface area contributed by atoms with Crippen LogP contribution < -0.4 is 11.1 Å². The van der Waals surface area contributed by atoms with Crippen molar-refractivity contribution >= 4 is 49.3 Å². The molecule has 0 saturated carbocycles. The summed E-state index contributed by atoms with van der Waals surface area (Å²) in [7, 11) is 0. The highest BCUT2D eigenvalue weighted by atomic mass is 79.9. The predicted molar refractivity (Wildman–Crippen MR) is 76.3 cm³/mol. The third-order valence-corrected chi connectivity index (χ3v) is 3.28. The number of aryl methyl sites for hydroxylation is 1. The second-order valence-electron chi connectivity index (χ2n) is 3.63. The minimum atomic E-state index is -0.348. The number of nitrogens with one attached hydrogen (secondary N) is 1. The summed E-state index contributed by atoms with van der Waals surface area (Å²) in [5, 5.41) is 3.04. The number of hydrogen-bond acceptors (Lipinski definition) is 4. The fourth-order valence-electron chi connectivity index (χ4n) is 1.43. The van der Waals surface area contributed by atoms with Gasteiger partial charge < -0.3 is 11.1 Å². The van der Waals surface area contributed by atoms with E-state index in [2.05, 4.69) is 47.1 Å². The molecule has 0 unspecified atom stereocenters. The lowest BCUT2D eigenvalue weighted by atomic mass is 10.3. The topological polar surface area (TPSA) is 63.8 Å². The van der Waals surface area contributed by atoms with Gasteiger partial charge in [-0.3, -0.25) is 0 Å². The van der Waals surface area contributed by atoms with E-state index >= 15 is 0 Å². The van der Waals surface area contributed by atoms with Crippen LogP contribution in [0.1, 0.15) is 5.69 Å². The van der Waals surface area contributed by atoms with Crippen molar-refractivity contribution in [3.63, 3.8) is 0 Å². The normalized spacial score (nSPS) is 10.4. The molecule has 0 atom stereocenters. The molecule has 0 aliphatic rings. The Bertz CT molecular complexity index is 560. The molecular weight excluding hydrogens is 367 g/mol. The Balaban J connectivity index is 2.34. The lowest BCUT2D eigenvalue weighted by Gasteiger charge is -2.08. The number of nitrogens with two attached hydrogens (primary N) is 1. The molecule has 2 aromatic rings. The van der Waals surface area contributed by atoms with Crippen LogP contribution in [-0.4, -0.2) is 9.97 Å². The smallest absolute Gasteiger partial charge is 0.222 e. The summed E-state index contributed by atoms with van der Waals surface area (Å²) < 4.78 is 14.1. The molecule has 1 heterocycles. The first kappa shape index (κ1) is 13.2. The summed E-state index contributed by atoms with van der Waals surface area (Å²) in [5.74, 6) is 0.405. The Morgan fingerprint density at radius 1 is 1.17 bits per heavy atom. The molecule has 2 rings (SSSR count). The molecule has 0 aliphatic carbocycles. The summed E-state index contributed by atoms with van der Waals surface area (Å²) in [6.07, 6.45) is 0. The average Bonchev–Trinajstić information content (AvgIpc) is 2.24. The molecule has 0 saturated heterocycles. The van der Waals surface area contributed by atoms with Crippen LogP contribution in [0, 0.1) is 12.7 Å². The van der Waals surface area contributed by atoms with E-state index in [-0.39, 0.29) is 11.8 Å². The zero-order chi connectivity index (χ0) is 13.3. The van der Waals surface area contributed by atoms with Crippen LogP contribution in [0.25, 0.3) is 0 Å². The summed E-state index contributed by atoms with van der Waals surface area (Å²) >= 11 is 6.27. The van der Waals surface area contributed by atoms with Crippen LogP contribution in [0.4, 0.5) is 21.8 Å². The number of benzene rings is 1. The molecule has 1 aromatic heterocycles. The average molecular weight is 376 g/mol. The van der Waals surface area contributed by atoms with Crippen LogP contribution in [0.5, 0.6) is 0 Å². The zero-order valence-corrected chi connectivity index (χ0v) is 12.5. The number of nitrogen functional groups attached to an aromatic ring is 1. The van der Waals surface area contributed by atoms with Gasteiger partial charge in [0.2, 0.25) is 5.95 Å². The summed E-state index contributed by atoms with van der Waals surface area (Å²) in [6, 6.07) is 4.99. The van der Waals surface area contributed by atoms with E-state index in [4.69, 9.17) is 5.73 Å². The van der Waals surface area contributed by atoms with Crippen molar-refractivity contribution < 1.29 is 4.39 Å². The molecule has 3 N–H and O–H groups in total. The lowest BCUT2D eigenvalue weighted by molar-refractivity contribution is 0.614. The van der Waals surface area contributed by atoms with Crippen molar-refractivity contribution in [3.8, 4) is 0 Å². The molecule has 0 amide bonds. The second-order valence-corrected chi connectivity index (χ2v) is 5.34. The van der Waals surface area contributed by atoms with Crippen molar-refractivity contribution in [2.24, 2.45) is 0 Å². The Morgan fingerprint density at radius 2 is 1.78 bits per heavy atom. The van der Waals surface area contributed by atoms with E-state index < -0.39 is 0 Å². The summed E-state index contributed by atoms with van der Waals surface area (Å²) in [6.45, 7) is 1.82. The van der Waals surface area contributed by atoms with E-state index in [0.717, 1.165) is 5.69 Å². The van der Waals surface area contributed by atoms with Gasteiger partial charge in [0, 0.05) is 17.4 Å². The quantitative estimate of drug-likeness (QED) is 0.784. The van der Waals surface area contributed by atoms with Gasteiger partial charge in [0.25, 0.3) is 0 Å². The third-order valence-electron chi connectivity index (χ3n) is 2.13. The van der Waals surface area contributed by atoms with Crippen molar-refractivity contribution in [2.75, 3.05) is 11.1 Å². The number of hydrogen-bond donors (Lipinski definition) is 2. The van der Waals surface area contributed by atoms with Crippen LogP contribution in [0.15, 0.2) is 27.1 Å². The maximum absolute atomic E-state index is 13.4. The van der Waals surface area contributed by atoms with E-state index in [9.17, 15) is 4.39 Å². The van der Waals surface area contributed by atoms with Crippen LogP contribution in [-0.2, 0) is 0 Å². The molecule has 0 fully saturated rings. The van der Waals surface area contributed by atoms with Crippen molar-refractivity contribution in [2.45, 2.75) is 6.92 Å². The highest BCUT2D eigenvalue weighted by Gasteiger charge is 2.08. The van der Waals surface area contributed by atoms with Crippen LogP contribution in [0.3, 0.4) is 0 Å². The maximum Gasteiger partial charge on any atom is 0.222 e. The van der Waals surface area contributed by atoms with Gasteiger partial charge in [-0.15, -0.1) is 0 Å². The molecule has 0 radical (unpaired) electrons. The van der Waals surface area contributed by atoms with Crippen LogP contribution >= 0.6 is 31.9 Å². The molecule has 7 heteroatoms. The van der Waals surface area contributed by atoms with Gasteiger partial charge in [0.15, 0.2) is 5.82 Å². The Kier molecular flexibility index (Phi) is 3.82. The van der Waals surface area contributed by atoms with Gasteiger partial charge in [-0.2, -0.15) is 4.98 Å². The monoisotopic (exact) mass is 374 g/mol. The lowest BCUT2D eigenvalue weighted by Crippen LogP contribution is -2.01. The van der Waals surface area contributed by atoms with Gasteiger partial charge in [-0.1, -0.05) is 0 Å². The van der Waals surface area contributed by atoms with Gasteiger partial charge in [0.05, 0.1) is 8.95 Å². The van der Waals surface area contributed by atoms with E-state index in [1.165, 1.54) is 0 Å². The van der Waals surface area contributed by atoms with Crippen molar-refractivity contribution in [1.29, 1.82) is 0 Å². The Hall–Kier alpha value is -1.21. The third kappa shape index (κ3) is 2.97. The first-order valence-electron chi connectivity index (χ1n) is 4.98. The number of halogens is 3. The Morgan fingerprint density at radius 3 is 2.33 bits per heavy atom. The SMILES string of the molecule is Cc1cc(Nc2cc(Br)c(F)c(Br)c2)nc(N)n1. The van der Waals surface area contributed by atoms with Crippen molar-refractivity contribution in [1.82, 2.24) is 9.97 Å². The first-order chi connectivity index (χ1) is 8.45. The molecule has 1 aromatic carbocycles. The maximum atomic E-state index is 13.4. The number of nitrogens with zero attached hydrogens (tertiary/aromatic N) is 2. The molecular formula is C11H9Br2FN4. The first-order valence-corrected chi connectivity index (χ1v) is 6.57. The van der Waals surface area contributed by atoms with Gasteiger partial charge in [-0.25, -0.2) is 9.37 Å². The number of rotatable bonds is 2. The largest absolute Gasteiger partial charge is 0.368 e. The van der Waals surface area contributed by atoms with Crippen LogP contribution in [0.2, 0.25) is 0 Å². The fraction of sp³-hybridized carbons (Fsp3) is 0.0909. The zero-order valence-electron chi connectivity index (χ0n) is 9.34.